The first-order valence-corrected chi connectivity index (χ1v) is 7.06. The summed E-state index contributed by atoms with van der Waals surface area (Å²) >= 11 is 0. The number of nitrogens with one attached hydrogen (secondary N) is 1. The number of para-hydroxylation sites is 1. The van der Waals surface area contributed by atoms with E-state index in [4.69, 9.17) is 5.11 Å². The topological polar surface area (TPSA) is 69.6 Å². The maximum Gasteiger partial charge on any atom is 0.320 e. The minimum absolute atomic E-state index is 0.0410. The Kier molecular flexibility index (Phi) is 5.90. The van der Waals surface area contributed by atoms with E-state index in [9.17, 15) is 9.59 Å². The number of hydrogen-bond acceptors (Lipinski definition) is 3. The summed E-state index contributed by atoms with van der Waals surface area (Å²) in [5.74, 6) is -0.846. The minimum Gasteiger partial charge on any atom is -0.480 e. The zero-order valence-electron chi connectivity index (χ0n) is 13.3. The van der Waals surface area contributed by atoms with Crippen molar-refractivity contribution in [2.45, 2.75) is 39.7 Å². The van der Waals surface area contributed by atoms with E-state index in [1.807, 2.05) is 25.1 Å². The van der Waals surface area contributed by atoms with Gasteiger partial charge in [-0.05, 0) is 37.9 Å². The molecule has 0 saturated heterocycles. The van der Waals surface area contributed by atoms with Crippen molar-refractivity contribution >= 4 is 17.6 Å². The lowest BCUT2D eigenvalue weighted by Gasteiger charge is -2.22. The molecule has 1 unspecified atom stereocenters. The predicted molar refractivity (Wildman–Crippen MR) is 83.6 cm³/mol. The van der Waals surface area contributed by atoms with Crippen LogP contribution in [0.5, 0.6) is 0 Å². The summed E-state index contributed by atoms with van der Waals surface area (Å²) in [4.78, 5) is 24.5. The minimum atomic E-state index is -0.941. The fourth-order valence-electron chi connectivity index (χ4n) is 2.07. The number of likely N-dealkylation sites (N-methyl/N-ethyl adjacent to an activating group) is 1. The van der Waals surface area contributed by atoms with Gasteiger partial charge in [0, 0.05) is 5.69 Å². The van der Waals surface area contributed by atoms with Gasteiger partial charge in [-0.3, -0.25) is 14.5 Å². The van der Waals surface area contributed by atoms with Crippen molar-refractivity contribution in [3.63, 3.8) is 0 Å². The molecule has 0 aliphatic rings. The number of aliphatic carboxylic acids is 1. The molecule has 1 aromatic carbocycles. The lowest BCUT2D eigenvalue weighted by Crippen LogP contribution is -2.40. The quantitative estimate of drug-likeness (QED) is 0.845. The number of carboxylic acids is 1. The third-order valence-electron chi connectivity index (χ3n) is 3.60. The molecule has 0 radical (unpaired) electrons. The van der Waals surface area contributed by atoms with E-state index in [1.54, 1.807) is 14.0 Å². The van der Waals surface area contributed by atoms with E-state index in [0.29, 0.717) is 5.92 Å². The van der Waals surface area contributed by atoms with Crippen LogP contribution < -0.4 is 5.32 Å². The Balaban J connectivity index is 2.82. The molecular formula is C16H24N2O3. The van der Waals surface area contributed by atoms with Crippen LogP contribution in [0.15, 0.2) is 18.2 Å². The number of carbonyl (C=O) groups excluding carboxylic acids is 1. The molecule has 1 amide bonds. The van der Waals surface area contributed by atoms with Gasteiger partial charge >= 0.3 is 5.97 Å². The van der Waals surface area contributed by atoms with Crippen LogP contribution in [0.25, 0.3) is 0 Å². The Bertz CT molecular complexity index is 526. The molecule has 5 heteroatoms. The largest absolute Gasteiger partial charge is 0.480 e. The third kappa shape index (κ3) is 4.56. The molecular weight excluding hydrogens is 268 g/mol. The molecule has 0 saturated carbocycles. The lowest BCUT2D eigenvalue weighted by atomic mass is 9.98. The van der Waals surface area contributed by atoms with Gasteiger partial charge in [-0.2, -0.15) is 0 Å². The average Bonchev–Trinajstić information content (AvgIpc) is 2.39. The van der Waals surface area contributed by atoms with Gasteiger partial charge in [-0.15, -0.1) is 0 Å². The van der Waals surface area contributed by atoms with Gasteiger partial charge in [0.1, 0.15) is 6.04 Å². The summed E-state index contributed by atoms with van der Waals surface area (Å²) in [7, 11) is 1.62. The molecule has 116 valence electrons. The normalized spacial score (nSPS) is 12.5. The van der Waals surface area contributed by atoms with E-state index in [-0.39, 0.29) is 12.5 Å². The van der Waals surface area contributed by atoms with Gasteiger partial charge in [0.05, 0.1) is 6.54 Å². The van der Waals surface area contributed by atoms with Crippen molar-refractivity contribution in [3.05, 3.63) is 29.3 Å². The second-order valence-corrected chi connectivity index (χ2v) is 5.67. The van der Waals surface area contributed by atoms with Gasteiger partial charge in [-0.1, -0.05) is 32.0 Å². The molecule has 0 heterocycles. The summed E-state index contributed by atoms with van der Waals surface area (Å²) in [6, 6.07) is 5.22. The summed E-state index contributed by atoms with van der Waals surface area (Å²) < 4.78 is 0. The molecule has 0 fully saturated rings. The Morgan fingerprint density at radius 3 is 2.43 bits per heavy atom. The fraction of sp³-hybridized carbons (Fsp3) is 0.500. The smallest absolute Gasteiger partial charge is 0.320 e. The summed E-state index contributed by atoms with van der Waals surface area (Å²) in [6.07, 6.45) is 0. The lowest BCUT2D eigenvalue weighted by molar-refractivity contribution is -0.142. The molecule has 2 N–H and O–H groups in total. The molecule has 0 bridgehead atoms. The van der Waals surface area contributed by atoms with E-state index in [2.05, 4.69) is 19.2 Å². The maximum absolute atomic E-state index is 12.1. The summed E-state index contributed by atoms with van der Waals surface area (Å²) in [5, 5.41) is 11.9. The second kappa shape index (κ2) is 7.22. The highest BCUT2D eigenvalue weighted by Crippen LogP contribution is 2.27. The number of amides is 1. The molecule has 1 rings (SSSR count). The number of anilines is 1. The summed E-state index contributed by atoms with van der Waals surface area (Å²) in [6.45, 7) is 7.69. The number of carbonyl (C=O) groups is 2. The van der Waals surface area contributed by atoms with Crippen molar-refractivity contribution < 1.29 is 14.7 Å². The standard InChI is InChI=1S/C16H24N2O3/c1-10(2)13-8-6-7-11(3)15(13)17-14(19)9-18(5)12(4)16(20)21/h6-8,10,12H,9H2,1-5H3,(H,17,19)(H,20,21). The van der Waals surface area contributed by atoms with Crippen LogP contribution in [0.4, 0.5) is 5.69 Å². The van der Waals surface area contributed by atoms with Crippen LogP contribution in [0.1, 0.15) is 37.8 Å². The van der Waals surface area contributed by atoms with Crippen LogP contribution in [0.3, 0.4) is 0 Å². The molecule has 0 aliphatic heterocycles. The van der Waals surface area contributed by atoms with Crippen LogP contribution in [-0.4, -0.2) is 41.5 Å². The van der Waals surface area contributed by atoms with Crippen LogP contribution >= 0.6 is 0 Å². The van der Waals surface area contributed by atoms with Gasteiger partial charge < -0.3 is 10.4 Å². The molecule has 1 atom stereocenters. The van der Waals surface area contributed by atoms with Crippen molar-refractivity contribution in [2.75, 3.05) is 18.9 Å². The summed E-state index contributed by atoms with van der Waals surface area (Å²) in [5.41, 5.74) is 2.91. The first-order valence-electron chi connectivity index (χ1n) is 7.06. The van der Waals surface area contributed by atoms with Crippen molar-refractivity contribution in [3.8, 4) is 0 Å². The van der Waals surface area contributed by atoms with Crippen LogP contribution in [0, 0.1) is 6.92 Å². The average molecular weight is 292 g/mol. The number of hydrogen-bond donors (Lipinski definition) is 2. The number of carboxylic acid groups (broad SMARTS) is 1. The zero-order valence-corrected chi connectivity index (χ0v) is 13.3. The van der Waals surface area contributed by atoms with Crippen LogP contribution in [-0.2, 0) is 9.59 Å². The second-order valence-electron chi connectivity index (χ2n) is 5.67. The number of benzene rings is 1. The highest BCUT2D eigenvalue weighted by Gasteiger charge is 2.20. The first-order chi connectivity index (χ1) is 9.73. The Morgan fingerprint density at radius 2 is 1.90 bits per heavy atom. The molecule has 0 aromatic heterocycles. The molecule has 21 heavy (non-hydrogen) atoms. The van der Waals surface area contributed by atoms with E-state index in [0.717, 1.165) is 16.8 Å². The predicted octanol–water partition coefficient (Wildman–Crippen LogP) is 2.46. The van der Waals surface area contributed by atoms with Gasteiger partial charge in [0.2, 0.25) is 5.91 Å². The molecule has 1 aromatic rings. The SMILES string of the molecule is Cc1cccc(C(C)C)c1NC(=O)CN(C)C(C)C(=O)O. The first kappa shape index (κ1) is 17.2. The van der Waals surface area contributed by atoms with Crippen molar-refractivity contribution in [1.29, 1.82) is 0 Å². The Hall–Kier alpha value is -1.88. The van der Waals surface area contributed by atoms with Crippen LogP contribution in [0.2, 0.25) is 0 Å². The van der Waals surface area contributed by atoms with Crippen molar-refractivity contribution in [1.82, 2.24) is 4.90 Å². The maximum atomic E-state index is 12.1. The number of rotatable bonds is 6. The van der Waals surface area contributed by atoms with Crippen molar-refractivity contribution in [2.24, 2.45) is 0 Å². The van der Waals surface area contributed by atoms with Gasteiger partial charge in [-0.25, -0.2) is 0 Å². The highest BCUT2D eigenvalue weighted by molar-refractivity contribution is 5.94. The number of aryl methyl sites for hydroxylation is 1. The molecule has 5 nitrogen and oxygen atoms in total. The Labute approximate surface area is 126 Å². The number of nitrogens with zero attached hydrogens (tertiary/aromatic N) is 1. The molecule has 0 aliphatic carbocycles. The van der Waals surface area contributed by atoms with Gasteiger partial charge in [0.25, 0.3) is 0 Å². The van der Waals surface area contributed by atoms with Gasteiger partial charge in [0.15, 0.2) is 0 Å². The fourth-order valence-corrected chi connectivity index (χ4v) is 2.07. The van der Waals surface area contributed by atoms with E-state index in [1.165, 1.54) is 4.90 Å². The van der Waals surface area contributed by atoms with E-state index >= 15 is 0 Å². The highest BCUT2D eigenvalue weighted by atomic mass is 16.4. The monoisotopic (exact) mass is 292 g/mol. The Morgan fingerprint density at radius 1 is 1.29 bits per heavy atom. The van der Waals surface area contributed by atoms with E-state index < -0.39 is 12.0 Å². The third-order valence-corrected chi connectivity index (χ3v) is 3.60. The zero-order chi connectivity index (χ0) is 16.2. The molecule has 0 spiro atoms.